The lowest BCUT2D eigenvalue weighted by molar-refractivity contribution is -0.141. The number of rotatable bonds is 4. The van der Waals surface area contributed by atoms with Crippen molar-refractivity contribution in [1.29, 1.82) is 0 Å². The van der Waals surface area contributed by atoms with Crippen LogP contribution < -0.4 is 10.6 Å². The second-order valence-electron chi connectivity index (χ2n) is 8.76. The Labute approximate surface area is 215 Å². The zero-order chi connectivity index (χ0) is 27.9. The monoisotopic (exact) mass is 555 g/mol. The normalized spacial score (nSPS) is 17.8. The first-order chi connectivity index (χ1) is 18.5. The Balaban J connectivity index is 1.28. The van der Waals surface area contributed by atoms with Crippen molar-refractivity contribution < 1.29 is 31.1 Å². The van der Waals surface area contributed by atoms with Crippen LogP contribution in [-0.2, 0) is 6.54 Å². The van der Waals surface area contributed by atoms with Crippen LogP contribution in [0.3, 0.4) is 0 Å². The van der Waals surface area contributed by atoms with Gasteiger partial charge in [0.15, 0.2) is 11.6 Å². The van der Waals surface area contributed by atoms with E-state index in [1.165, 1.54) is 11.1 Å². The van der Waals surface area contributed by atoms with Crippen molar-refractivity contribution in [3.8, 4) is 5.82 Å². The third-order valence-electron chi connectivity index (χ3n) is 6.13. The molecule has 3 aromatic rings. The number of piperazine rings is 1. The molecular weight excluding hydrogens is 536 g/mol. The van der Waals surface area contributed by atoms with Crippen LogP contribution in [0.2, 0.25) is 0 Å². The summed E-state index contributed by atoms with van der Waals surface area (Å²) in [5.74, 6) is -3.26. The molecule has 2 aromatic heterocycles. The SMILES string of the molecule is O=C(N1CCN(c2ncc(F)c(-n3ncn(CC(F)(F)F)c3=O)n2)CC1)N1N=CC[C@H]1c1cc(F)cc(F)c1. The van der Waals surface area contributed by atoms with Gasteiger partial charge in [-0.25, -0.2) is 32.8 Å². The van der Waals surface area contributed by atoms with E-state index >= 15 is 0 Å². The molecule has 0 bridgehead atoms. The molecule has 11 nitrogen and oxygen atoms in total. The number of hydrazone groups is 1. The van der Waals surface area contributed by atoms with Gasteiger partial charge in [0.05, 0.1) is 12.2 Å². The molecule has 0 unspecified atom stereocenters. The van der Waals surface area contributed by atoms with E-state index in [2.05, 4.69) is 20.2 Å². The van der Waals surface area contributed by atoms with Crippen molar-refractivity contribution in [3.05, 3.63) is 64.2 Å². The summed E-state index contributed by atoms with van der Waals surface area (Å²) in [5.41, 5.74) is -0.970. The van der Waals surface area contributed by atoms with Crippen LogP contribution in [0.15, 0.2) is 40.6 Å². The van der Waals surface area contributed by atoms with Gasteiger partial charge in [-0.05, 0) is 17.7 Å². The Hall–Kier alpha value is -4.44. The van der Waals surface area contributed by atoms with Crippen LogP contribution in [0.25, 0.3) is 5.82 Å². The Morgan fingerprint density at radius 2 is 1.72 bits per heavy atom. The van der Waals surface area contributed by atoms with Gasteiger partial charge in [-0.3, -0.25) is 4.57 Å². The summed E-state index contributed by atoms with van der Waals surface area (Å²) in [6.45, 7) is -0.913. The number of aromatic nitrogens is 5. The number of hydrogen-bond acceptors (Lipinski definition) is 7. The highest BCUT2D eigenvalue weighted by molar-refractivity contribution is 5.78. The van der Waals surface area contributed by atoms with Crippen LogP contribution >= 0.6 is 0 Å². The van der Waals surface area contributed by atoms with Gasteiger partial charge in [-0.1, -0.05) is 0 Å². The number of carbonyl (C=O) groups excluding carboxylic acids is 1. The summed E-state index contributed by atoms with van der Waals surface area (Å²) in [7, 11) is 0. The third kappa shape index (κ3) is 5.42. The first-order valence-electron chi connectivity index (χ1n) is 11.6. The Kier molecular flexibility index (Phi) is 6.73. The smallest absolute Gasteiger partial charge is 0.337 e. The van der Waals surface area contributed by atoms with E-state index in [-0.39, 0.29) is 48.7 Å². The number of urea groups is 1. The highest BCUT2D eigenvalue weighted by Gasteiger charge is 2.34. The van der Waals surface area contributed by atoms with Crippen molar-refractivity contribution in [2.24, 2.45) is 5.10 Å². The van der Waals surface area contributed by atoms with E-state index < -0.39 is 53.8 Å². The van der Waals surface area contributed by atoms with Gasteiger partial charge in [0.1, 0.15) is 24.5 Å². The quantitative estimate of drug-likeness (QED) is 0.459. The highest BCUT2D eigenvalue weighted by atomic mass is 19.4. The molecule has 2 aliphatic rings. The van der Waals surface area contributed by atoms with Gasteiger partial charge >= 0.3 is 17.9 Å². The second-order valence-corrected chi connectivity index (χ2v) is 8.76. The molecule has 0 aliphatic carbocycles. The van der Waals surface area contributed by atoms with E-state index in [0.29, 0.717) is 11.0 Å². The van der Waals surface area contributed by atoms with Crippen molar-refractivity contribution in [2.75, 3.05) is 31.1 Å². The minimum Gasteiger partial charge on any atom is -0.337 e. The molecule has 17 heteroatoms. The average Bonchev–Trinajstić information content (AvgIpc) is 3.50. The summed E-state index contributed by atoms with van der Waals surface area (Å²) >= 11 is 0. The lowest BCUT2D eigenvalue weighted by atomic mass is 10.0. The first-order valence-corrected chi connectivity index (χ1v) is 11.6. The van der Waals surface area contributed by atoms with Gasteiger partial charge in [-0.15, -0.1) is 0 Å². The fourth-order valence-electron chi connectivity index (χ4n) is 4.32. The Morgan fingerprint density at radius 3 is 2.38 bits per heavy atom. The predicted molar refractivity (Wildman–Crippen MR) is 123 cm³/mol. The van der Waals surface area contributed by atoms with Gasteiger partial charge in [-0.2, -0.15) is 33.0 Å². The maximum atomic E-state index is 14.4. The van der Waals surface area contributed by atoms with Crippen molar-refractivity contribution in [2.45, 2.75) is 25.2 Å². The molecule has 4 heterocycles. The summed E-state index contributed by atoms with van der Waals surface area (Å²) in [4.78, 5) is 36.4. The van der Waals surface area contributed by atoms with Crippen LogP contribution in [0.4, 0.5) is 37.1 Å². The van der Waals surface area contributed by atoms with Gasteiger partial charge in [0.25, 0.3) is 0 Å². The van der Waals surface area contributed by atoms with Gasteiger partial charge in [0.2, 0.25) is 5.95 Å². The van der Waals surface area contributed by atoms with E-state index in [1.807, 2.05) is 0 Å². The largest absolute Gasteiger partial charge is 0.406 e. The van der Waals surface area contributed by atoms with Crippen LogP contribution in [0, 0.1) is 17.5 Å². The molecule has 0 radical (unpaired) electrons. The first kappa shape index (κ1) is 26.2. The van der Waals surface area contributed by atoms with Crippen LogP contribution in [0.1, 0.15) is 18.0 Å². The van der Waals surface area contributed by atoms with Gasteiger partial charge < -0.3 is 9.80 Å². The number of alkyl halides is 3. The maximum absolute atomic E-state index is 14.4. The topological polar surface area (TPSA) is 105 Å². The van der Waals surface area contributed by atoms with E-state index in [1.54, 1.807) is 4.90 Å². The Morgan fingerprint density at radius 1 is 1.03 bits per heavy atom. The lowest BCUT2D eigenvalue weighted by Gasteiger charge is -2.37. The summed E-state index contributed by atoms with van der Waals surface area (Å²) in [5, 5.41) is 8.76. The minimum atomic E-state index is -4.68. The predicted octanol–water partition coefficient (Wildman–Crippen LogP) is 2.48. The molecule has 0 saturated carbocycles. The van der Waals surface area contributed by atoms with Crippen LogP contribution in [-0.4, -0.2) is 78.8 Å². The zero-order valence-electron chi connectivity index (χ0n) is 19.9. The molecule has 1 fully saturated rings. The maximum Gasteiger partial charge on any atom is 0.406 e. The molecular formula is C22H19F6N9O2. The Bertz CT molecular complexity index is 1460. The molecule has 39 heavy (non-hydrogen) atoms. The van der Waals surface area contributed by atoms with E-state index in [9.17, 15) is 35.9 Å². The number of anilines is 1. The number of carbonyl (C=O) groups is 1. The molecule has 5 rings (SSSR count). The highest BCUT2D eigenvalue weighted by Crippen LogP contribution is 2.30. The fourth-order valence-corrected chi connectivity index (χ4v) is 4.32. The van der Waals surface area contributed by atoms with Crippen molar-refractivity contribution >= 4 is 18.2 Å². The molecule has 1 atom stereocenters. The lowest BCUT2D eigenvalue weighted by Crippen LogP contribution is -2.52. The standard InChI is InChI=1S/C22H19F6N9O2/c23-14-7-13(8-15(24)9-14)17-1-2-30-36(17)20(38)34-5-3-33(4-6-34)19-29-10-16(25)18(32-19)37-21(39)35(12-31-37)11-22(26,27)28/h2,7-10,12,17H,1,3-6,11H2/t17-/m0/s1. The average molecular weight is 555 g/mol. The summed E-state index contributed by atoms with van der Waals surface area (Å²) in [6, 6.07) is 1.85. The molecule has 0 spiro atoms. The minimum absolute atomic E-state index is 0.0249. The molecule has 0 N–H and O–H groups in total. The summed E-state index contributed by atoms with van der Waals surface area (Å²) in [6.07, 6.45) is -1.52. The number of nitrogens with zero attached hydrogens (tertiary/aromatic N) is 9. The molecule has 206 valence electrons. The molecule has 2 aliphatic heterocycles. The number of halogens is 6. The summed E-state index contributed by atoms with van der Waals surface area (Å²) < 4.78 is 80.6. The number of hydrogen-bond donors (Lipinski definition) is 0. The third-order valence-corrected chi connectivity index (χ3v) is 6.13. The number of amides is 2. The molecule has 1 saturated heterocycles. The zero-order valence-corrected chi connectivity index (χ0v) is 19.9. The van der Waals surface area contributed by atoms with Crippen LogP contribution in [0.5, 0.6) is 0 Å². The van der Waals surface area contributed by atoms with Crippen molar-refractivity contribution in [1.82, 2.24) is 34.2 Å². The van der Waals surface area contributed by atoms with Crippen molar-refractivity contribution in [3.63, 3.8) is 0 Å². The molecule has 2 amide bonds. The second kappa shape index (κ2) is 10.0. The number of benzene rings is 1. The molecule has 1 aromatic carbocycles. The fraction of sp³-hybridized carbons (Fsp3) is 0.364. The van der Waals surface area contributed by atoms with E-state index in [0.717, 1.165) is 29.4 Å². The van der Waals surface area contributed by atoms with Gasteiger partial charge in [0, 0.05) is 44.9 Å². The van der Waals surface area contributed by atoms with E-state index in [4.69, 9.17) is 0 Å².